The van der Waals surface area contributed by atoms with E-state index in [1.165, 1.54) is 0 Å². The van der Waals surface area contributed by atoms with Gasteiger partial charge in [0.05, 0.1) is 36.7 Å². The summed E-state index contributed by atoms with van der Waals surface area (Å²) >= 11 is 6.06. The molecule has 1 aromatic rings. The van der Waals surface area contributed by atoms with E-state index in [0.717, 1.165) is 12.8 Å². The van der Waals surface area contributed by atoms with E-state index < -0.39 is 15.6 Å². The Morgan fingerprint density at radius 1 is 1.43 bits per heavy atom. The number of rotatable bonds is 4. The lowest BCUT2D eigenvalue weighted by atomic mass is 10.1. The van der Waals surface area contributed by atoms with Gasteiger partial charge in [0.25, 0.3) is 0 Å². The predicted molar refractivity (Wildman–Crippen MR) is 90.8 cm³/mol. The minimum absolute atomic E-state index is 0. The van der Waals surface area contributed by atoms with Crippen LogP contribution >= 0.6 is 24.0 Å². The highest BCUT2D eigenvalue weighted by molar-refractivity contribution is 7.88. The zero-order valence-corrected chi connectivity index (χ0v) is 15.3. The maximum absolute atomic E-state index is 11.6. The quantitative estimate of drug-likeness (QED) is 0.790. The molecule has 7 nitrogen and oxygen atoms in total. The standard InChI is InChI=1S/C13H19ClN4O3S.ClH/c1-9-8-21-6-5-18(9)11-7-10(15-12(14)16-11)13(3-4-13)17-22(2,19)20;/h7,9,17H,3-6,8H2,1-2H3;1H/t9-;/m1./s1. The van der Waals surface area contributed by atoms with Crippen LogP contribution in [0.1, 0.15) is 25.5 Å². The molecule has 2 aliphatic rings. The number of hydrogen-bond acceptors (Lipinski definition) is 6. The zero-order chi connectivity index (χ0) is 16.0. The third-order valence-corrected chi connectivity index (χ3v) is 4.90. The number of ether oxygens (including phenoxy) is 1. The first kappa shape index (κ1) is 18.7. The largest absolute Gasteiger partial charge is 0.377 e. The number of aromatic nitrogens is 2. The van der Waals surface area contributed by atoms with Crippen LogP contribution < -0.4 is 9.62 Å². The SMILES string of the molecule is C[C@@H]1COCCN1c1cc(C2(NS(C)(=O)=O)CC2)nc(Cl)n1.Cl. The fourth-order valence-corrected chi connectivity index (χ4v) is 3.95. The van der Waals surface area contributed by atoms with Crippen LogP contribution in [0.15, 0.2) is 6.07 Å². The summed E-state index contributed by atoms with van der Waals surface area (Å²) in [7, 11) is -3.32. The molecule has 1 N–H and O–H groups in total. The van der Waals surface area contributed by atoms with Gasteiger partial charge in [-0.25, -0.2) is 23.1 Å². The normalized spacial score (nSPS) is 23.3. The molecule has 0 amide bonds. The molecule has 3 rings (SSSR count). The van der Waals surface area contributed by atoms with Crippen molar-refractivity contribution in [2.24, 2.45) is 0 Å². The Morgan fingerprint density at radius 3 is 2.70 bits per heavy atom. The maximum atomic E-state index is 11.6. The first-order valence-corrected chi connectivity index (χ1v) is 9.44. The Morgan fingerprint density at radius 2 is 2.13 bits per heavy atom. The topological polar surface area (TPSA) is 84.4 Å². The van der Waals surface area contributed by atoms with Crippen LogP contribution in [0.2, 0.25) is 5.28 Å². The van der Waals surface area contributed by atoms with Gasteiger partial charge in [-0.05, 0) is 31.4 Å². The molecule has 1 aliphatic carbocycles. The van der Waals surface area contributed by atoms with E-state index in [1.807, 2.05) is 6.07 Å². The highest BCUT2D eigenvalue weighted by Crippen LogP contribution is 2.46. The summed E-state index contributed by atoms with van der Waals surface area (Å²) in [5.74, 6) is 0.715. The molecule has 1 saturated heterocycles. The molecule has 0 radical (unpaired) electrons. The van der Waals surface area contributed by atoms with Gasteiger partial charge >= 0.3 is 0 Å². The smallest absolute Gasteiger partial charge is 0.224 e. The number of halogens is 2. The molecule has 2 heterocycles. The van der Waals surface area contributed by atoms with Crippen LogP contribution in [0, 0.1) is 0 Å². The molecule has 0 bridgehead atoms. The summed E-state index contributed by atoms with van der Waals surface area (Å²) in [5, 5.41) is 0.132. The fourth-order valence-electron chi connectivity index (χ4n) is 2.76. The Hall–Kier alpha value is -0.670. The molecule has 1 aliphatic heterocycles. The molecular weight excluding hydrogens is 363 g/mol. The number of nitrogens with one attached hydrogen (secondary N) is 1. The van der Waals surface area contributed by atoms with Crippen LogP contribution in [0.5, 0.6) is 0 Å². The monoisotopic (exact) mass is 382 g/mol. The Kier molecular flexibility index (Phi) is 5.42. The van der Waals surface area contributed by atoms with Crippen LogP contribution in [-0.2, 0) is 20.3 Å². The second-order valence-electron chi connectivity index (χ2n) is 5.95. The molecule has 10 heteroatoms. The molecule has 1 saturated carbocycles. The summed E-state index contributed by atoms with van der Waals surface area (Å²) in [6.45, 7) is 4.04. The number of morpholine rings is 1. The van der Waals surface area contributed by atoms with E-state index in [1.54, 1.807) is 0 Å². The average Bonchev–Trinajstić information content (AvgIpc) is 3.17. The van der Waals surface area contributed by atoms with Gasteiger partial charge in [-0.3, -0.25) is 0 Å². The van der Waals surface area contributed by atoms with Crippen LogP contribution in [0.25, 0.3) is 0 Å². The van der Waals surface area contributed by atoms with Crippen molar-refractivity contribution in [2.45, 2.75) is 31.3 Å². The summed E-state index contributed by atoms with van der Waals surface area (Å²) in [6.07, 6.45) is 2.58. The summed E-state index contributed by atoms with van der Waals surface area (Å²) in [5.41, 5.74) is -0.00336. The van der Waals surface area contributed by atoms with E-state index >= 15 is 0 Å². The van der Waals surface area contributed by atoms with Crippen molar-refractivity contribution in [2.75, 3.05) is 30.9 Å². The van der Waals surface area contributed by atoms with Crippen molar-refractivity contribution in [3.63, 3.8) is 0 Å². The molecule has 23 heavy (non-hydrogen) atoms. The summed E-state index contributed by atoms with van der Waals surface area (Å²) in [4.78, 5) is 10.6. The summed E-state index contributed by atoms with van der Waals surface area (Å²) in [6, 6.07) is 2.02. The van der Waals surface area contributed by atoms with E-state index in [2.05, 4.69) is 26.5 Å². The first-order valence-electron chi connectivity index (χ1n) is 7.17. The number of sulfonamides is 1. The number of hydrogen-bond donors (Lipinski definition) is 1. The van der Waals surface area contributed by atoms with Gasteiger partial charge in [-0.1, -0.05) is 0 Å². The Labute approximate surface area is 147 Å². The minimum atomic E-state index is -3.32. The third-order valence-electron chi connectivity index (χ3n) is 3.97. The van der Waals surface area contributed by atoms with Crippen molar-refractivity contribution in [3.8, 4) is 0 Å². The van der Waals surface area contributed by atoms with Gasteiger partial charge in [-0.15, -0.1) is 12.4 Å². The fraction of sp³-hybridized carbons (Fsp3) is 0.692. The van der Waals surface area contributed by atoms with Gasteiger partial charge in [0.1, 0.15) is 5.82 Å². The first-order chi connectivity index (χ1) is 10.3. The molecule has 0 unspecified atom stereocenters. The lowest BCUT2D eigenvalue weighted by molar-refractivity contribution is 0.0985. The van der Waals surface area contributed by atoms with Crippen molar-refractivity contribution in [1.29, 1.82) is 0 Å². The van der Waals surface area contributed by atoms with Gasteiger partial charge in [0.2, 0.25) is 15.3 Å². The van der Waals surface area contributed by atoms with Crippen LogP contribution in [-0.4, -0.2) is 50.4 Å². The Balaban J connectivity index is 0.00000192. The van der Waals surface area contributed by atoms with Crippen molar-refractivity contribution >= 4 is 39.8 Å². The molecule has 1 aromatic heterocycles. The molecule has 0 aromatic carbocycles. The lowest BCUT2D eigenvalue weighted by Crippen LogP contribution is -2.44. The number of nitrogens with zero attached hydrogens (tertiary/aromatic N) is 3. The highest BCUT2D eigenvalue weighted by atomic mass is 35.5. The van der Waals surface area contributed by atoms with Crippen molar-refractivity contribution < 1.29 is 13.2 Å². The van der Waals surface area contributed by atoms with Crippen molar-refractivity contribution in [1.82, 2.24) is 14.7 Å². The van der Waals surface area contributed by atoms with Gasteiger partial charge in [0.15, 0.2) is 0 Å². The van der Waals surface area contributed by atoms with E-state index in [-0.39, 0.29) is 23.7 Å². The molecule has 1 atom stereocenters. The average molecular weight is 383 g/mol. The van der Waals surface area contributed by atoms with Gasteiger partial charge in [-0.2, -0.15) is 0 Å². The predicted octanol–water partition coefficient (Wildman–Crippen LogP) is 1.32. The zero-order valence-electron chi connectivity index (χ0n) is 13.0. The van der Waals surface area contributed by atoms with E-state index in [9.17, 15) is 8.42 Å². The van der Waals surface area contributed by atoms with Crippen LogP contribution in [0.4, 0.5) is 5.82 Å². The second kappa shape index (κ2) is 6.68. The highest BCUT2D eigenvalue weighted by Gasteiger charge is 2.48. The molecule has 0 spiro atoms. The van der Waals surface area contributed by atoms with E-state index in [0.29, 0.717) is 37.6 Å². The number of anilines is 1. The maximum Gasteiger partial charge on any atom is 0.224 e. The minimum Gasteiger partial charge on any atom is -0.377 e. The van der Waals surface area contributed by atoms with Crippen molar-refractivity contribution in [3.05, 3.63) is 17.0 Å². The summed E-state index contributed by atoms with van der Waals surface area (Å²) < 4.78 is 31.2. The second-order valence-corrected chi connectivity index (χ2v) is 8.04. The van der Waals surface area contributed by atoms with Crippen LogP contribution in [0.3, 0.4) is 0 Å². The lowest BCUT2D eigenvalue weighted by Gasteiger charge is -2.34. The molecule has 130 valence electrons. The van der Waals surface area contributed by atoms with E-state index in [4.69, 9.17) is 16.3 Å². The Bertz CT molecular complexity index is 682. The molecule has 2 fully saturated rings. The van der Waals surface area contributed by atoms with Gasteiger partial charge in [0, 0.05) is 12.6 Å². The third kappa shape index (κ3) is 4.24. The van der Waals surface area contributed by atoms with Gasteiger partial charge < -0.3 is 9.64 Å². The molecular formula is C13H20Cl2N4O3S.